The topological polar surface area (TPSA) is 47.0 Å². The molecular formula is C24H27Cl2F4N3O2. The number of likely N-dealkylation sites (tertiary alicyclic amines) is 1. The van der Waals surface area contributed by atoms with Crippen molar-refractivity contribution in [2.45, 2.75) is 24.7 Å². The number of aliphatic hydroxyl groups excluding tert-OH is 1. The van der Waals surface area contributed by atoms with Crippen LogP contribution >= 0.6 is 23.2 Å². The number of nitrogens with zero attached hydrogens (tertiary/aromatic N) is 3. The number of hydrogen-bond donors (Lipinski definition) is 1. The van der Waals surface area contributed by atoms with E-state index in [2.05, 4.69) is 0 Å². The first kappa shape index (κ1) is 27.7. The maximum atomic E-state index is 14.1. The van der Waals surface area contributed by atoms with E-state index < -0.39 is 17.6 Å². The first-order chi connectivity index (χ1) is 16.4. The van der Waals surface area contributed by atoms with E-state index in [0.29, 0.717) is 35.2 Å². The van der Waals surface area contributed by atoms with E-state index in [0.717, 1.165) is 17.7 Å². The van der Waals surface area contributed by atoms with E-state index in [1.54, 1.807) is 36.0 Å². The molecule has 0 aromatic heterocycles. The molecule has 1 aliphatic rings. The molecule has 0 saturated carbocycles. The fraction of sp³-hybridized carbons (Fsp3) is 0.458. The second-order valence-corrected chi connectivity index (χ2v) is 9.65. The molecule has 192 valence electrons. The Bertz CT molecular complexity index is 1050. The van der Waals surface area contributed by atoms with Gasteiger partial charge in [-0.25, -0.2) is 4.39 Å². The third-order valence-corrected chi connectivity index (χ3v) is 6.98. The van der Waals surface area contributed by atoms with E-state index in [4.69, 9.17) is 28.3 Å². The Labute approximate surface area is 211 Å². The second-order valence-electron chi connectivity index (χ2n) is 8.83. The summed E-state index contributed by atoms with van der Waals surface area (Å²) >= 11 is 12.3. The fourth-order valence-corrected chi connectivity index (χ4v) is 4.69. The molecule has 1 fully saturated rings. The van der Waals surface area contributed by atoms with Crippen molar-refractivity contribution in [3.63, 3.8) is 0 Å². The van der Waals surface area contributed by atoms with Gasteiger partial charge < -0.3 is 10.0 Å². The summed E-state index contributed by atoms with van der Waals surface area (Å²) in [6.45, 7) is 1.39. The highest BCUT2D eigenvalue weighted by atomic mass is 35.5. The van der Waals surface area contributed by atoms with Crippen molar-refractivity contribution >= 4 is 29.1 Å². The van der Waals surface area contributed by atoms with Crippen LogP contribution < -0.4 is 0 Å². The summed E-state index contributed by atoms with van der Waals surface area (Å²) in [5.41, 5.74) is -0.0468. The van der Waals surface area contributed by atoms with E-state index in [-0.39, 0.29) is 37.6 Å². The predicted molar refractivity (Wildman–Crippen MR) is 127 cm³/mol. The first-order valence-corrected chi connectivity index (χ1v) is 11.7. The largest absolute Gasteiger partial charge is 0.419 e. The Hall–Kier alpha value is -1.91. The zero-order valence-corrected chi connectivity index (χ0v) is 20.8. The number of carbonyl (C=O) groups excluding carboxylic acids is 1. The molecule has 2 aromatic carbocycles. The number of benzene rings is 2. The fourth-order valence-electron chi connectivity index (χ4n) is 4.38. The van der Waals surface area contributed by atoms with Gasteiger partial charge in [0.05, 0.1) is 28.8 Å². The molecule has 1 amide bonds. The lowest BCUT2D eigenvalue weighted by molar-refractivity contribution is -0.140. The van der Waals surface area contributed by atoms with Gasteiger partial charge in [0, 0.05) is 38.1 Å². The quantitative estimate of drug-likeness (QED) is 0.505. The number of aliphatic hydroxyl groups is 1. The van der Waals surface area contributed by atoms with Gasteiger partial charge in [-0.2, -0.15) is 13.2 Å². The number of carbonyl (C=O) groups is 1. The lowest BCUT2D eigenvalue weighted by Crippen LogP contribution is -2.41. The second kappa shape index (κ2) is 11.4. The van der Waals surface area contributed by atoms with Crippen LogP contribution in [0, 0.1) is 5.82 Å². The highest BCUT2D eigenvalue weighted by molar-refractivity contribution is 6.42. The van der Waals surface area contributed by atoms with Gasteiger partial charge in [-0.1, -0.05) is 35.3 Å². The van der Waals surface area contributed by atoms with E-state index in [1.165, 1.54) is 6.07 Å². The summed E-state index contributed by atoms with van der Waals surface area (Å²) in [6.07, 6.45) is -4.76. The molecule has 1 N–H and O–H groups in total. The smallest absolute Gasteiger partial charge is 0.395 e. The van der Waals surface area contributed by atoms with Gasteiger partial charge in [-0.15, -0.1) is 0 Å². The third-order valence-electron chi connectivity index (χ3n) is 6.24. The highest BCUT2D eigenvalue weighted by Gasteiger charge is 2.39. The average Bonchev–Trinajstić information content (AvgIpc) is 3.21. The third kappa shape index (κ3) is 6.86. The number of rotatable bonds is 8. The van der Waals surface area contributed by atoms with Gasteiger partial charge >= 0.3 is 6.18 Å². The molecular weight excluding hydrogens is 509 g/mol. The molecule has 0 bridgehead atoms. The molecule has 0 unspecified atom stereocenters. The Morgan fingerprint density at radius 1 is 1.11 bits per heavy atom. The lowest BCUT2D eigenvalue weighted by Gasteiger charge is -2.29. The SMILES string of the molecule is CN(CCO)CC(=O)N1C[C@H](c2ccc(Cl)c(Cl)c2)[C@@H](N(C)Cc2ccc(C(F)(F)F)c(F)c2)C1. The standard InChI is InChI=1S/C24H27Cl2F4N3O2/c1-31(7-8-34)14-23(35)33-12-17(16-4-6-19(25)20(26)10-16)22(13-33)32(2)11-15-3-5-18(21(27)9-15)24(28,29)30/h3-6,9-10,17,22,34H,7-8,11-14H2,1-2H3/t17-,22+/m1/s1. The molecule has 5 nitrogen and oxygen atoms in total. The van der Waals surface area contributed by atoms with Crippen LogP contribution in [0.1, 0.15) is 22.6 Å². The summed E-state index contributed by atoms with van der Waals surface area (Å²) in [6, 6.07) is 7.97. The number of amides is 1. The Kier molecular flexibility index (Phi) is 9.04. The van der Waals surface area contributed by atoms with Crippen molar-refractivity contribution in [3.05, 3.63) is 69.0 Å². The maximum absolute atomic E-state index is 14.1. The Balaban J connectivity index is 1.83. The molecule has 0 spiro atoms. The van der Waals surface area contributed by atoms with Crippen LogP contribution in [-0.2, 0) is 17.5 Å². The van der Waals surface area contributed by atoms with Gasteiger partial charge in [-0.3, -0.25) is 14.6 Å². The zero-order valence-electron chi connectivity index (χ0n) is 19.3. The van der Waals surface area contributed by atoms with Crippen molar-refractivity contribution in [1.82, 2.24) is 14.7 Å². The number of likely N-dealkylation sites (N-methyl/N-ethyl adjacent to an activating group) is 2. The molecule has 11 heteroatoms. The van der Waals surface area contributed by atoms with Gasteiger partial charge in [0.2, 0.25) is 5.91 Å². The summed E-state index contributed by atoms with van der Waals surface area (Å²) < 4.78 is 52.9. The van der Waals surface area contributed by atoms with Crippen LogP contribution in [-0.4, -0.2) is 78.6 Å². The van der Waals surface area contributed by atoms with Crippen LogP contribution in [0.15, 0.2) is 36.4 Å². The minimum atomic E-state index is -4.76. The first-order valence-electron chi connectivity index (χ1n) is 11.0. The minimum absolute atomic E-state index is 0.0648. The molecule has 2 aromatic rings. The normalized spacial score (nSPS) is 18.7. The van der Waals surface area contributed by atoms with Crippen LogP contribution in [0.3, 0.4) is 0 Å². The molecule has 1 aliphatic heterocycles. The van der Waals surface area contributed by atoms with Crippen molar-refractivity contribution in [2.75, 3.05) is 46.9 Å². The van der Waals surface area contributed by atoms with Gasteiger partial charge in [0.1, 0.15) is 5.82 Å². The van der Waals surface area contributed by atoms with Crippen molar-refractivity contribution in [3.8, 4) is 0 Å². The number of alkyl halides is 3. The monoisotopic (exact) mass is 535 g/mol. The molecule has 3 rings (SSSR count). The van der Waals surface area contributed by atoms with Crippen LogP contribution in [0.25, 0.3) is 0 Å². The highest BCUT2D eigenvalue weighted by Crippen LogP contribution is 2.35. The predicted octanol–water partition coefficient (Wildman–Crippen LogP) is 4.50. The lowest BCUT2D eigenvalue weighted by atomic mass is 9.93. The summed E-state index contributed by atoms with van der Waals surface area (Å²) in [7, 11) is 3.53. The number of hydrogen-bond acceptors (Lipinski definition) is 4. The van der Waals surface area contributed by atoms with Crippen LogP contribution in [0.2, 0.25) is 10.0 Å². The summed E-state index contributed by atoms with van der Waals surface area (Å²) in [5, 5.41) is 9.88. The van der Waals surface area contributed by atoms with Crippen LogP contribution in [0.5, 0.6) is 0 Å². The van der Waals surface area contributed by atoms with E-state index in [9.17, 15) is 22.4 Å². The maximum Gasteiger partial charge on any atom is 0.419 e. The van der Waals surface area contributed by atoms with Crippen molar-refractivity contribution in [2.24, 2.45) is 0 Å². The van der Waals surface area contributed by atoms with Crippen molar-refractivity contribution < 1.29 is 27.5 Å². The van der Waals surface area contributed by atoms with Gasteiger partial charge in [-0.05, 0) is 49.5 Å². The molecule has 1 heterocycles. The Morgan fingerprint density at radius 2 is 1.83 bits per heavy atom. The van der Waals surface area contributed by atoms with Crippen LogP contribution in [0.4, 0.5) is 17.6 Å². The van der Waals surface area contributed by atoms with E-state index >= 15 is 0 Å². The summed E-state index contributed by atoms with van der Waals surface area (Å²) in [5.74, 6) is -1.58. The van der Waals surface area contributed by atoms with Gasteiger partial charge in [0.15, 0.2) is 0 Å². The summed E-state index contributed by atoms with van der Waals surface area (Å²) in [4.78, 5) is 18.3. The van der Waals surface area contributed by atoms with E-state index in [1.807, 2.05) is 11.0 Å². The Morgan fingerprint density at radius 3 is 2.43 bits per heavy atom. The average molecular weight is 536 g/mol. The molecule has 0 aliphatic carbocycles. The molecule has 1 saturated heterocycles. The number of halogens is 6. The zero-order chi connectivity index (χ0) is 25.9. The molecule has 0 radical (unpaired) electrons. The minimum Gasteiger partial charge on any atom is -0.395 e. The van der Waals surface area contributed by atoms with Crippen molar-refractivity contribution in [1.29, 1.82) is 0 Å². The molecule has 2 atom stereocenters. The van der Waals surface area contributed by atoms with Gasteiger partial charge in [0.25, 0.3) is 0 Å². The molecule has 35 heavy (non-hydrogen) atoms.